The van der Waals surface area contributed by atoms with Crippen molar-refractivity contribution < 1.29 is 5.11 Å². The van der Waals surface area contributed by atoms with E-state index in [1.807, 2.05) is 18.2 Å². The van der Waals surface area contributed by atoms with E-state index in [1.54, 1.807) is 0 Å². The van der Waals surface area contributed by atoms with E-state index in [2.05, 4.69) is 18.2 Å². The zero-order chi connectivity index (χ0) is 10.7. The first kappa shape index (κ1) is 9.95. The maximum atomic E-state index is 9.26. The molecule has 1 atom stereocenters. The Hall–Kier alpha value is -1.59. The maximum absolute atomic E-state index is 9.26. The van der Waals surface area contributed by atoms with Crippen LogP contribution in [0, 0.1) is 11.3 Å². The monoisotopic (exact) mass is 199 g/mol. The highest BCUT2D eigenvalue weighted by molar-refractivity contribution is 5.59. The van der Waals surface area contributed by atoms with Crippen molar-refractivity contribution in [2.75, 3.05) is 0 Å². The highest BCUT2D eigenvalue weighted by Gasteiger charge is 2.12. The Bertz CT molecular complexity index is 428. The minimum atomic E-state index is -0.860. The number of aliphatic hydroxyl groups is 1. The molecule has 0 heterocycles. The second kappa shape index (κ2) is 4.29. The minimum absolute atomic E-state index is 0.477. The summed E-state index contributed by atoms with van der Waals surface area (Å²) in [7, 11) is 0. The van der Waals surface area contributed by atoms with Gasteiger partial charge in [-0.15, -0.1) is 0 Å². The molecule has 0 spiro atoms. The Morgan fingerprint density at radius 2 is 2.13 bits per heavy atom. The molecule has 0 aromatic heterocycles. The predicted molar refractivity (Wildman–Crippen MR) is 59.0 cm³/mol. The molecule has 76 valence electrons. The van der Waals surface area contributed by atoms with Gasteiger partial charge in [-0.2, -0.15) is 5.26 Å². The van der Waals surface area contributed by atoms with Crippen molar-refractivity contribution in [3.8, 4) is 6.07 Å². The molecular weight excluding hydrogens is 186 g/mol. The number of aliphatic hydroxyl groups excluding tert-OH is 1. The third kappa shape index (κ3) is 2.26. The van der Waals surface area contributed by atoms with Crippen molar-refractivity contribution in [3.05, 3.63) is 41.0 Å². The first-order chi connectivity index (χ1) is 7.29. The molecule has 0 radical (unpaired) electrons. The third-order valence-electron chi connectivity index (χ3n) is 2.73. The molecule has 0 saturated carbocycles. The zero-order valence-electron chi connectivity index (χ0n) is 8.48. The van der Waals surface area contributed by atoms with Gasteiger partial charge in [0.05, 0.1) is 6.07 Å². The van der Waals surface area contributed by atoms with Crippen LogP contribution in [0.15, 0.2) is 29.8 Å². The lowest BCUT2D eigenvalue weighted by atomic mass is 9.90. The van der Waals surface area contributed by atoms with E-state index >= 15 is 0 Å². The lowest BCUT2D eigenvalue weighted by Crippen LogP contribution is -2.07. The van der Waals surface area contributed by atoms with Crippen LogP contribution in [0.5, 0.6) is 0 Å². The number of fused-ring (bicyclic) bond motifs is 1. The van der Waals surface area contributed by atoms with Crippen LogP contribution >= 0.6 is 0 Å². The van der Waals surface area contributed by atoms with Crippen LogP contribution in [0.4, 0.5) is 0 Å². The summed E-state index contributed by atoms with van der Waals surface area (Å²) in [6.07, 6.45) is 3.68. The van der Waals surface area contributed by atoms with Gasteiger partial charge >= 0.3 is 0 Å². The number of nitrogens with zero attached hydrogens (tertiary/aromatic N) is 1. The normalized spacial score (nSPS) is 16.1. The van der Waals surface area contributed by atoms with E-state index in [9.17, 15) is 5.11 Å². The van der Waals surface area contributed by atoms with Crippen LogP contribution in [0.1, 0.15) is 24.0 Å². The van der Waals surface area contributed by atoms with Crippen LogP contribution in [0.25, 0.3) is 6.08 Å². The Morgan fingerprint density at radius 3 is 2.93 bits per heavy atom. The lowest BCUT2D eigenvalue weighted by Gasteiger charge is -2.16. The number of aryl methyl sites for hydroxylation is 1. The summed E-state index contributed by atoms with van der Waals surface area (Å²) >= 11 is 0. The molecule has 1 aromatic rings. The highest BCUT2D eigenvalue weighted by atomic mass is 16.3. The molecule has 2 rings (SSSR count). The Morgan fingerprint density at radius 1 is 1.33 bits per heavy atom. The van der Waals surface area contributed by atoms with E-state index in [1.165, 1.54) is 16.7 Å². The Balaban J connectivity index is 2.19. The fourth-order valence-corrected chi connectivity index (χ4v) is 1.94. The van der Waals surface area contributed by atoms with Gasteiger partial charge in [0.15, 0.2) is 0 Å². The lowest BCUT2D eigenvalue weighted by molar-refractivity contribution is 0.229. The standard InChI is InChI=1S/C13H13NO/c14-9-13(15)8-10-5-6-11-3-1-2-4-12(11)7-10/h1-4,7,13,15H,5-6,8H2. The summed E-state index contributed by atoms with van der Waals surface area (Å²) in [5.41, 5.74) is 3.75. The zero-order valence-corrected chi connectivity index (χ0v) is 8.48. The van der Waals surface area contributed by atoms with Crippen molar-refractivity contribution in [1.29, 1.82) is 5.26 Å². The second-order valence-corrected chi connectivity index (χ2v) is 3.85. The summed E-state index contributed by atoms with van der Waals surface area (Å²) in [6.45, 7) is 0. The molecule has 1 unspecified atom stereocenters. The van der Waals surface area contributed by atoms with Crippen LogP contribution in [-0.4, -0.2) is 11.2 Å². The molecular formula is C13H13NO. The molecule has 0 amide bonds. The predicted octanol–water partition coefficient (Wildman–Crippen LogP) is 2.29. The van der Waals surface area contributed by atoms with Crippen LogP contribution in [0.3, 0.4) is 0 Å². The second-order valence-electron chi connectivity index (χ2n) is 3.85. The van der Waals surface area contributed by atoms with Gasteiger partial charge in [0.1, 0.15) is 6.10 Å². The highest BCUT2D eigenvalue weighted by Crippen LogP contribution is 2.25. The van der Waals surface area contributed by atoms with Gasteiger partial charge in [0.25, 0.3) is 0 Å². The fourth-order valence-electron chi connectivity index (χ4n) is 1.94. The molecule has 0 bridgehead atoms. The smallest absolute Gasteiger partial charge is 0.144 e. The van der Waals surface area contributed by atoms with Gasteiger partial charge in [-0.25, -0.2) is 0 Å². The molecule has 15 heavy (non-hydrogen) atoms. The number of hydrogen-bond donors (Lipinski definition) is 1. The molecule has 0 aliphatic heterocycles. The molecule has 0 fully saturated rings. The van der Waals surface area contributed by atoms with E-state index in [0.29, 0.717) is 6.42 Å². The molecule has 2 heteroatoms. The number of rotatable bonds is 2. The largest absolute Gasteiger partial charge is 0.378 e. The molecule has 0 saturated heterocycles. The first-order valence-electron chi connectivity index (χ1n) is 5.14. The summed E-state index contributed by atoms with van der Waals surface area (Å²) in [4.78, 5) is 0. The van der Waals surface area contributed by atoms with Crippen LogP contribution < -0.4 is 0 Å². The summed E-state index contributed by atoms with van der Waals surface area (Å²) in [5, 5.41) is 17.8. The van der Waals surface area contributed by atoms with Crippen molar-refractivity contribution in [2.45, 2.75) is 25.4 Å². The van der Waals surface area contributed by atoms with E-state index < -0.39 is 6.10 Å². The van der Waals surface area contributed by atoms with Crippen molar-refractivity contribution in [1.82, 2.24) is 0 Å². The fraction of sp³-hybridized carbons (Fsp3) is 0.308. The van der Waals surface area contributed by atoms with Crippen molar-refractivity contribution in [3.63, 3.8) is 0 Å². The van der Waals surface area contributed by atoms with Gasteiger partial charge in [-0.3, -0.25) is 0 Å². The van der Waals surface area contributed by atoms with E-state index in [4.69, 9.17) is 5.26 Å². The average Bonchev–Trinajstić information content (AvgIpc) is 2.29. The average molecular weight is 199 g/mol. The number of hydrogen-bond acceptors (Lipinski definition) is 2. The Labute approximate surface area is 89.5 Å². The van der Waals surface area contributed by atoms with E-state index in [0.717, 1.165) is 12.8 Å². The number of nitriles is 1. The van der Waals surface area contributed by atoms with Gasteiger partial charge in [-0.1, -0.05) is 35.9 Å². The van der Waals surface area contributed by atoms with Crippen molar-refractivity contribution in [2.24, 2.45) is 0 Å². The SMILES string of the molecule is N#CC(O)CC1=Cc2ccccc2CC1. The molecule has 1 aromatic carbocycles. The summed E-state index contributed by atoms with van der Waals surface area (Å²) in [6, 6.07) is 10.1. The van der Waals surface area contributed by atoms with Gasteiger partial charge in [0.2, 0.25) is 0 Å². The molecule has 1 aliphatic carbocycles. The van der Waals surface area contributed by atoms with Gasteiger partial charge in [-0.05, 0) is 24.0 Å². The summed E-state index contributed by atoms with van der Waals surface area (Å²) < 4.78 is 0. The molecule has 2 nitrogen and oxygen atoms in total. The topological polar surface area (TPSA) is 44.0 Å². The van der Waals surface area contributed by atoms with Crippen molar-refractivity contribution >= 4 is 6.08 Å². The van der Waals surface area contributed by atoms with E-state index in [-0.39, 0.29) is 0 Å². The Kier molecular flexibility index (Phi) is 2.84. The first-order valence-corrected chi connectivity index (χ1v) is 5.14. The molecule has 1 aliphatic rings. The maximum Gasteiger partial charge on any atom is 0.144 e. The summed E-state index contributed by atoms with van der Waals surface area (Å²) in [5.74, 6) is 0. The minimum Gasteiger partial charge on any atom is -0.378 e. The molecule has 1 N–H and O–H groups in total. The van der Waals surface area contributed by atoms with Gasteiger partial charge < -0.3 is 5.11 Å². The third-order valence-corrected chi connectivity index (χ3v) is 2.73. The van der Waals surface area contributed by atoms with Gasteiger partial charge in [0, 0.05) is 6.42 Å². The van der Waals surface area contributed by atoms with Crippen LogP contribution in [0.2, 0.25) is 0 Å². The number of benzene rings is 1. The van der Waals surface area contributed by atoms with Crippen LogP contribution in [-0.2, 0) is 6.42 Å². The quantitative estimate of drug-likeness (QED) is 0.743.